The maximum Gasteiger partial charge on any atom is 0.222 e. The average Bonchev–Trinajstić information content (AvgIpc) is 1.96. The third-order valence-corrected chi connectivity index (χ3v) is 1.85. The molecule has 72 valence electrons. The minimum atomic E-state index is -0.163. The third kappa shape index (κ3) is 3.61. The highest BCUT2D eigenvalue weighted by molar-refractivity contribution is 9.10. The molecule has 0 saturated heterocycles. The fraction of sp³-hybridized carbons (Fsp3) is 0.143. The van der Waals surface area contributed by atoms with Crippen LogP contribution in [0.3, 0.4) is 0 Å². The molecule has 4 nitrogen and oxygen atoms in total. The summed E-state index contributed by atoms with van der Waals surface area (Å²) in [7, 11) is 0. The van der Waals surface area contributed by atoms with Crippen molar-refractivity contribution < 1.29 is 4.79 Å². The first kappa shape index (κ1) is 12.2. The first-order valence-electron chi connectivity index (χ1n) is 3.28. The predicted molar refractivity (Wildman–Crippen MR) is 57.9 cm³/mol. The number of amides is 1. The Morgan fingerprint density at radius 3 is 2.77 bits per heavy atom. The Bertz CT molecular complexity index is 319. The number of aromatic nitrogens is 1. The molecule has 0 aliphatic carbocycles. The lowest BCUT2D eigenvalue weighted by Crippen LogP contribution is -2.07. The zero-order valence-electron chi connectivity index (χ0n) is 6.87. The van der Waals surface area contributed by atoms with Crippen molar-refractivity contribution in [3.05, 3.63) is 16.7 Å². The van der Waals surface area contributed by atoms with Gasteiger partial charge >= 0.3 is 0 Å². The van der Waals surface area contributed by atoms with E-state index in [4.69, 9.17) is 5.73 Å². The van der Waals surface area contributed by atoms with E-state index in [2.05, 4.69) is 26.2 Å². The van der Waals surface area contributed by atoms with Crippen LogP contribution in [0.4, 0.5) is 11.5 Å². The van der Waals surface area contributed by atoms with E-state index in [1.165, 1.54) is 6.92 Å². The molecule has 0 aliphatic heterocycles. The highest BCUT2D eigenvalue weighted by atomic mass is 79.9. The second-order valence-corrected chi connectivity index (χ2v) is 3.13. The second-order valence-electron chi connectivity index (χ2n) is 2.27. The summed E-state index contributed by atoms with van der Waals surface area (Å²) in [6.07, 6.45) is 1.54. The summed E-state index contributed by atoms with van der Waals surface area (Å²) in [5.41, 5.74) is 6.11. The Morgan fingerprint density at radius 2 is 2.31 bits per heavy atom. The van der Waals surface area contributed by atoms with Crippen molar-refractivity contribution in [2.45, 2.75) is 6.92 Å². The average molecular weight is 267 g/mol. The van der Waals surface area contributed by atoms with Gasteiger partial charge in [-0.25, -0.2) is 4.98 Å². The molecule has 1 aromatic rings. The number of carbonyl (C=O) groups excluding carboxylic acids is 1. The summed E-state index contributed by atoms with van der Waals surface area (Å²) in [5, 5.41) is 2.52. The van der Waals surface area contributed by atoms with Crippen molar-refractivity contribution in [2.75, 3.05) is 11.1 Å². The molecule has 0 unspecified atom stereocenters. The second kappa shape index (κ2) is 5.04. The van der Waals surface area contributed by atoms with Gasteiger partial charge in [-0.2, -0.15) is 0 Å². The topological polar surface area (TPSA) is 68.0 Å². The molecule has 0 aliphatic rings. The Kier molecular flexibility index (Phi) is 4.72. The SMILES string of the molecule is CC(=O)Nc1cc(N)c(Br)cn1.Cl. The smallest absolute Gasteiger partial charge is 0.222 e. The molecule has 1 rings (SSSR count). The van der Waals surface area contributed by atoms with Crippen LogP contribution in [-0.2, 0) is 4.79 Å². The van der Waals surface area contributed by atoms with Gasteiger partial charge in [0.05, 0.1) is 10.2 Å². The van der Waals surface area contributed by atoms with E-state index < -0.39 is 0 Å². The van der Waals surface area contributed by atoms with Crippen molar-refractivity contribution in [3.8, 4) is 0 Å². The summed E-state index contributed by atoms with van der Waals surface area (Å²) in [6.45, 7) is 1.42. The van der Waals surface area contributed by atoms with Crippen molar-refractivity contribution >= 4 is 45.7 Å². The van der Waals surface area contributed by atoms with E-state index in [1.54, 1.807) is 12.3 Å². The largest absolute Gasteiger partial charge is 0.398 e. The zero-order chi connectivity index (χ0) is 9.14. The molecule has 0 saturated carbocycles. The normalized spacial score (nSPS) is 8.77. The number of pyridine rings is 1. The molecule has 1 aromatic heterocycles. The molecule has 0 radical (unpaired) electrons. The predicted octanol–water partition coefficient (Wildman–Crippen LogP) is 1.81. The lowest BCUT2D eigenvalue weighted by molar-refractivity contribution is -0.114. The van der Waals surface area contributed by atoms with Gasteiger partial charge < -0.3 is 11.1 Å². The Balaban J connectivity index is 0.00000144. The summed E-state index contributed by atoms with van der Waals surface area (Å²) < 4.78 is 0.719. The molecule has 0 fully saturated rings. The van der Waals surface area contributed by atoms with Gasteiger partial charge in [0.2, 0.25) is 5.91 Å². The maximum absolute atomic E-state index is 10.6. The molecule has 13 heavy (non-hydrogen) atoms. The lowest BCUT2D eigenvalue weighted by Gasteiger charge is -2.02. The number of nitrogen functional groups attached to an aromatic ring is 1. The van der Waals surface area contributed by atoms with Crippen LogP contribution in [-0.4, -0.2) is 10.9 Å². The van der Waals surface area contributed by atoms with Crippen molar-refractivity contribution in [3.63, 3.8) is 0 Å². The fourth-order valence-electron chi connectivity index (χ4n) is 0.703. The summed E-state index contributed by atoms with van der Waals surface area (Å²) in [6, 6.07) is 1.59. The lowest BCUT2D eigenvalue weighted by atomic mass is 10.4. The third-order valence-electron chi connectivity index (χ3n) is 1.19. The maximum atomic E-state index is 10.6. The van der Waals surface area contributed by atoms with Gasteiger partial charge in [-0.15, -0.1) is 12.4 Å². The first-order chi connectivity index (χ1) is 5.59. The van der Waals surface area contributed by atoms with Gasteiger partial charge in [0.25, 0.3) is 0 Å². The number of nitrogens with two attached hydrogens (primary N) is 1. The Hall–Kier alpha value is -0.810. The fourth-order valence-corrected chi connectivity index (χ4v) is 0.920. The van der Waals surface area contributed by atoms with E-state index in [-0.39, 0.29) is 18.3 Å². The van der Waals surface area contributed by atoms with Gasteiger partial charge in [-0.3, -0.25) is 4.79 Å². The molecular weight excluding hydrogens is 257 g/mol. The quantitative estimate of drug-likeness (QED) is 0.814. The molecule has 0 spiro atoms. The molecule has 6 heteroatoms. The van der Waals surface area contributed by atoms with Crippen LogP contribution in [0.5, 0.6) is 0 Å². The number of anilines is 2. The number of carbonyl (C=O) groups is 1. The number of nitrogens with zero attached hydrogens (tertiary/aromatic N) is 1. The number of halogens is 2. The van der Waals surface area contributed by atoms with E-state index in [0.717, 1.165) is 4.47 Å². The summed E-state index contributed by atoms with van der Waals surface area (Å²) >= 11 is 3.20. The number of nitrogens with one attached hydrogen (secondary N) is 1. The zero-order valence-corrected chi connectivity index (χ0v) is 9.28. The molecule has 0 bridgehead atoms. The van der Waals surface area contributed by atoms with Gasteiger partial charge in [-0.05, 0) is 15.9 Å². The van der Waals surface area contributed by atoms with Crippen molar-refractivity contribution in [1.82, 2.24) is 4.98 Å². The van der Waals surface area contributed by atoms with Gasteiger partial charge in [0.15, 0.2) is 0 Å². The van der Waals surface area contributed by atoms with Crippen LogP contribution >= 0.6 is 28.3 Å². The standard InChI is InChI=1S/C7H8BrN3O.ClH/c1-4(12)11-7-2-6(9)5(8)3-10-7;/h2-3H,1H3,(H3,9,10,11,12);1H. The Morgan fingerprint density at radius 1 is 1.69 bits per heavy atom. The summed E-state index contributed by atoms with van der Waals surface area (Å²) in [4.78, 5) is 14.5. The first-order valence-corrected chi connectivity index (χ1v) is 4.07. The van der Waals surface area contributed by atoms with E-state index >= 15 is 0 Å². The molecule has 0 aromatic carbocycles. The number of hydrogen-bond donors (Lipinski definition) is 2. The van der Waals surface area contributed by atoms with Crippen LogP contribution < -0.4 is 11.1 Å². The minimum absolute atomic E-state index is 0. The van der Waals surface area contributed by atoms with Crippen LogP contribution in [0.2, 0.25) is 0 Å². The summed E-state index contributed by atoms with van der Waals surface area (Å²) in [5.74, 6) is 0.299. The van der Waals surface area contributed by atoms with Gasteiger partial charge in [0.1, 0.15) is 5.82 Å². The van der Waals surface area contributed by atoms with Crippen LogP contribution in [0, 0.1) is 0 Å². The van der Waals surface area contributed by atoms with E-state index in [1.807, 2.05) is 0 Å². The number of hydrogen-bond acceptors (Lipinski definition) is 3. The van der Waals surface area contributed by atoms with E-state index in [9.17, 15) is 4.79 Å². The Labute approximate surface area is 90.5 Å². The molecule has 1 amide bonds. The molecule has 3 N–H and O–H groups in total. The molecule has 1 heterocycles. The van der Waals surface area contributed by atoms with Crippen molar-refractivity contribution in [1.29, 1.82) is 0 Å². The monoisotopic (exact) mass is 265 g/mol. The van der Waals surface area contributed by atoms with Crippen molar-refractivity contribution in [2.24, 2.45) is 0 Å². The highest BCUT2D eigenvalue weighted by Gasteiger charge is 1.99. The van der Waals surface area contributed by atoms with Crippen LogP contribution in [0.1, 0.15) is 6.92 Å². The van der Waals surface area contributed by atoms with Gasteiger partial charge in [-0.1, -0.05) is 0 Å². The highest BCUT2D eigenvalue weighted by Crippen LogP contribution is 2.20. The van der Waals surface area contributed by atoms with Gasteiger partial charge in [0, 0.05) is 19.2 Å². The van der Waals surface area contributed by atoms with Crippen LogP contribution in [0.25, 0.3) is 0 Å². The minimum Gasteiger partial charge on any atom is -0.398 e. The molecular formula is C7H9BrClN3O. The number of rotatable bonds is 1. The van der Waals surface area contributed by atoms with E-state index in [0.29, 0.717) is 11.5 Å². The van der Waals surface area contributed by atoms with Crippen LogP contribution in [0.15, 0.2) is 16.7 Å². The molecule has 0 atom stereocenters.